The summed E-state index contributed by atoms with van der Waals surface area (Å²) in [7, 11) is 0.0631. The Labute approximate surface area is 156 Å². The molecule has 0 atom stereocenters. The van der Waals surface area contributed by atoms with Crippen LogP contribution in [0.4, 0.5) is 11.4 Å². The van der Waals surface area contributed by atoms with Crippen LogP contribution in [0.3, 0.4) is 0 Å². The Bertz CT molecular complexity index is 1090. The smallest absolute Gasteiger partial charge is 0.175 e. The molecule has 0 bridgehead atoms. The number of nitrogens with one attached hydrogen (secondary N) is 2. The molecule has 3 rings (SSSR count). The Kier molecular flexibility index (Phi) is 4.84. The fourth-order valence-corrected chi connectivity index (χ4v) is 3.47. The normalized spacial score (nSPS) is 11.3. The van der Waals surface area contributed by atoms with E-state index in [1.807, 2.05) is 29.8 Å². The molecule has 3 aromatic rings. The highest BCUT2D eigenvalue weighted by Gasteiger charge is 2.13. The minimum Gasteiger partial charge on any atom is -0.495 e. The third-order valence-electron chi connectivity index (χ3n) is 3.83. The van der Waals surface area contributed by atoms with Crippen LogP contribution in [-0.4, -0.2) is 36.4 Å². The van der Waals surface area contributed by atoms with Gasteiger partial charge in [0.25, 0.3) is 0 Å². The standard InChI is InChI=1S/C17H18N4O3S2/c1-21-10-18-12-5-4-6-13(16(12)21)19-17(25)20-14-9-11(26(3,22)23)7-8-15(14)24-2/h4-10H,1-3H3,(H2,19,20,25). The predicted octanol–water partition coefficient (Wildman–Crippen LogP) is 2.79. The molecule has 1 heterocycles. The average Bonchev–Trinajstić information content (AvgIpc) is 2.96. The number of nitrogens with zero attached hydrogens (tertiary/aromatic N) is 2. The first-order valence-electron chi connectivity index (χ1n) is 7.66. The lowest BCUT2D eigenvalue weighted by Gasteiger charge is -2.15. The molecule has 2 N–H and O–H groups in total. The Balaban J connectivity index is 1.89. The molecule has 0 fully saturated rings. The molecule has 0 saturated heterocycles. The van der Waals surface area contributed by atoms with Crippen molar-refractivity contribution in [3.05, 3.63) is 42.7 Å². The molecule has 136 valence electrons. The number of anilines is 2. The van der Waals surface area contributed by atoms with Crippen molar-refractivity contribution in [1.82, 2.24) is 9.55 Å². The number of benzene rings is 2. The molecule has 0 spiro atoms. The average molecular weight is 390 g/mol. The van der Waals surface area contributed by atoms with Crippen molar-refractivity contribution < 1.29 is 13.2 Å². The molecule has 26 heavy (non-hydrogen) atoms. The molecule has 9 heteroatoms. The second-order valence-corrected chi connectivity index (χ2v) is 8.17. The fraction of sp³-hybridized carbons (Fsp3) is 0.176. The summed E-state index contributed by atoms with van der Waals surface area (Å²) in [5.74, 6) is 0.486. The number of aryl methyl sites for hydroxylation is 1. The molecule has 7 nitrogen and oxygen atoms in total. The van der Waals surface area contributed by atoms with Gasteiger partial charge in [0.15, 0.2) is 14.9 Å². The van der Waals surface area contributed by atoms with Crippen LogP contribution >= 0.6 is 12.2 Å². The van der Waals surface area contributed by atoms with Crippen LogP contribution in [0.5, 0.6) is 5.75 Å². The molecule has 0 aliphatic carbocycles. The summed E-state index contributed by atoms with van der Waals surface area (Å²) < 4.78 is 30.8. The molecular formula is C17H18N4O3S2. The topological polar surface area (TPSA) is 85.2 Å². The first-order valence-corrected chi connectivity index (χ1v) is 9.95. The van der Waals surface area contributed by atoms with Crippen molar-refractivity contribution in [2.24, 2.45) is 7.05 Å². The van der Waals surface area contributed by atoms with Crippen molar-refractivity contribution in [2.75, 3.05) is 24.0 Å². The van der Waals surface area contributed by atoms with Gasteiger partial charge in [0.2, 0.25) is 0 Å². The first kappa shape index (κ1) is 18.2. The summed E-state index contributed by atoms with van der Waals surface area (Å²) in [5, 5.41) is 6.43. The first-order chi connectivity index (χ1) is 12.3. The molecule has 0 aliphatic rings. The lowest BCUT2D eigenvalue weighted by molar-refractivity contribution is 0.416. The monoisotopic (exact) mass is 390 g/mol. The lowest BCUT2D eigenvalue weighted by atomic mass is 10.2. The zero-order valence-corrected chi connectivity index (χ0v) is 16.1. The molecular weight excluding hydrogens is 372 g/mol. The van der Waals surface area contributed by atoms with Crippen molar-refractivity contribution in [3.63, 3.8) is 0 Å². The van der Waals surface area contributed by atoms with E-state index in [0.29, 0.717) is 16.5 Å². The van der Waals surface area contributed by atoms with Crippen molar-refractivity contribution in [3.8, 4) is 5.75 Å². The zero-order chi connectivity index (χ0) is 18.9. The lowest BCUT2D eigenvalue weighted by Crippen LogP contribution is -2.20. The zero-order valence-electron chi connectivity index (χ0n) is 14.5. The van der Waals surface area contributed by atoms with Crippen molar-refractivity contribution in [1.29, 1.82) is 0 Å². The van der Waals surface area contributed by atoms with Gasteiger partial charge in [-0.15, -0.1) is 0 Å². The number of hydrogen-bond acceptors (Lipinski definition) is 5. The Morgan fingerprint density at radius 3 is 2.62 bits per heavy atom. The maximum atomic E-state index is 11.8. The summed E-state index contributed by atoms with van der Waals surface area (Å²) in [6, 6.07) is 10.3. The van der Waals surface area contributed by atoms with E-state index in [4.69, 9.17) is 17.0 Å². The Morgan fingerprint density at radius 1 is 1.19 bits per heavy atom. The number of methoxy groups -OCH3 is 1. The van der Waals surface area contributed by atoms with E-state index in [9.17, 15) is 8.42 Å². The predicted molar refractivity (Wildman–Crippen MR) is 107 cm³/mol. The molecule has 0 saturated carbocycles. The van der Waals surface area contributed by atoms with Crippen LogP contribution in [0.2, 0.25) is 0 Å². The Morgan fingerprint density at radius 2 is 1.92 bits per heavy atom. The largest absolute Gasteiger partial charge is 0.495 e. The number of thiocarbonyl (C=S) groups is 1. The van der Waals surface area contributed by atoms with Gasteiger partial charge < -0.3 is 19.9 Å². The fourth-order valence-electron chi connectivity index (χ4n) is 2.60. The van der Waals surface area contributed by atoms with E-state index in [1.54, 1.807) is 12.4 Å². The van der Waals surface area contributed by atoms with Gasteiger partial charge in [-0.05, 0) is 42.5 Å². The number of aromatic nitrogens is 2. The SMILES string of the molecule is COc1ccc(S(C)(=O)=O)cc1NC(=S)Nc1cccc2ncn(C)c12. The van der Waals surface area contributed by atoms with E-state index in [2.05, 4.69) is 15.6 Å². The van der Waals surface area contributed by atoms with Crippen LogP contribution in [0.15, 0.2) is 47.6 Å². The van der Waals surface area contributed by atoms with Gasteiger partial charge in [0.1, 0.15) is 5.75 Å². The molecule has 1 aromatic heterocycles. The van der Waals surface area contributed by atoms with Crippen molar-refractivity contribution >= 4 is 49.6 Å². The molecule has 0 unspecified atom stereocenters. The third-order valence-corrected chi connectivity index (χ3v) is 5.15. The van der Waals surface area contributed by atoms with Crippen LogP contribution in [0, 0.1) is 0 Å². The second kappa shape index (κ2) is 6.93. The van der Waals surface area contributed by atoms with Gasteiger partial charge in [0, 0.05) is 13.3 Å². The van der Waals surface area contributed by atoms with Gasteiger partial charge in [0.05, 0.1) is 40.7 Å². The van der Waals surface area contributed by atoms with Crippen LogP contribution in [-0.2, 0) is 16.9 Å². The van der Waals surface area contributed by atoms with E-state index in [-0.39, 0.29) is 4.90 Å². The summed E-state index contributed by atoms with van der Waals surface area (Å²) >= 11 is 5.39. The molecule has 0 aliphatic heterocycles. The highest BCUT2D eigenvalue weighted by atomic mass is 32.2. The van der Waals surface area contributed by atoms with Gasteiger partial charge in [-0.3, -0.25) is 0 Å². The van der Waals surface area contributed by atoms with Gasteiger partial charge in [-0.25, -0.2) is 13.4 Å². The van der Waals surface area contributed by atoms with Gasteiger partial charge in [-0.1, -0.05) is 6.07 Å². The van der Waals surface area contributed by atoms with Crippen molar-refractivity contribution in [2.45, 2.75) is 4.90 Å². The molecule has 0 amide bonds. The number of ether oxygens (including phenoxy) is 1. The van der Waals surface area contributed by atoms with E-state index < -0.39 is 9.84 Å². The van der Waals surface area contributed by atoms with Gasteiger partial charge in [-0.2, -0.15) is 0 Å². The maximum absolute atomic E-state index is 11.8. The number of imidazole rings is 1. The molecule has 0 radical (unpaired) electrons. The number of sulfone groups is 1. The highest BCUT2D eigenvalue weighted by Crippen LogP contribution is 2.28. The maximum Gasteiger partial charge on any atom is 0.175 e. The van der Waals surface area contributed by atoms with Crippen LogP contribution in [0.1, 0.15) is 0 Å². The van der Waals surface area contributed by atoms with Gasteiger partial charge >= 0.3 is 0 Å². The Hall–Kier alpha value is -2.65. The quantitative estimate of drug-likeness (QED) is 0.663. The molecule has 2 aromatic carbocycles. The number of fused-ring (bicyclic) bond motifs is 1. The minimum atomic E-state index is -3.34. The number of para-hydroxylation sites is 1. The number of rotatable bonds is 4. The number of hydrogen-bond donors (Lipinski definition) is 2. The van der Waals surface area contributed by atoms with E-state index >= 15 is 0 Å². The second-order valence-electron chi connectivity index (χ2n) is 5.74. The minimum absolute atomic E-state index is 0.178. The summed E-state index contributed by atoms with van der Waals surface area (Å²) in [4.78, 5) is 4.49. The highest BCUT2D eigenvalue weighted by molar-refractivity contribution is 7.90. The van der Waals surface area contributed by atoms with E-state index in [1.165, 1.54) is 19.2 Å². The third kappa shape index (κ3) is 3.63. The van der Waals surface area contributed by atoms with Crippen LogP contribution < -0.4 is 15.4 Å². The summed E-state index contributed by atoms with van der Waals surface area (Å²) in [6.07, 6.45) is 2.88. The van der Waals surface area contributed by atoms with Crippen LogP contribution in [0.25, 0.3) is 11.0 Å². The van der Waals surface area contributed by atoms with E-state index in [0.717, 1.165) is 23.0 Å². The summed E-state index contributed by atoms with van der Waals surface area (Å²) in [5.41, 5.74) is 3.01. The summed E-state index contributed by atoms with van der Waals surface area (Å²) in [6.45, 7) is 0.